The lowest BCUT2D eigenvalue weighted by atomic mass is 10.2. The van der Waals surface area contributed by atoms with E-state index in [9.17, 15) is 0 Å². The first-order valence-electron chi connectivity index (χ1n) is 6.85. The van der Waals surface area contributed by atoms with Gasteiger partial charge in [-0.05, 0) is 42.8 Å². The average Bonchev–Trinajstić information content (AvgIpc) is 2.53. The first-order chi connectivity index (χ1) is 10.3. The number of nitrogens with zero attached hydrogens (tertiary/aromatic N) is 2. The second kappa shape index (κ2) is 5.79. The minimum atomic E-state index is 0.642. The summed E-state index contributed by atoms with van der Waals surface area (Å²) in [5, 5.41) is 3.36. The molecular formula is C17H17N3O. The van der Waals surface area contributed by atoms with Crippen molar-refractivity contribution in [2.75, 3.05) is 12.4 Å². The molecule has 106 valence electrons. The predicted molar refractivity (Wildman–Crippen MR) is 84.6 cm³/mol. The molecule has 0 saturated carbocycles. The summed E-state index contributed by atoms with van der Waals surface area (Å²) in [6, 6.07) is 13.9. The van der Waals surface area contributed by atoms with E-state index in [1.54, 1.807) is 7.11 Å². The maximum atomic E-state index is 5.26. The van der Waals surface area contributed by atoms with Gasteiger partial charge in [-0.2, -0.15) is 0 Å². The lowest BCUT2D eigenvalue weighted by Crippen LogP contribution is -2.03. The third-order valence-corrected chi connectivity index (χ3v) is 3.37. The molecule has 0 unspecified atom stereocenters. The van der Waals surface area contributed by atoms with Gasteiger partial charge in [0.2, 0.25) is 0 Å². The van der Waals surface area contributed by atoms with E-state index in [-0.39, 0.29) is 0 Å². The van der Waals surface area contributed by atoms with Gasteiger partial charge < -0.3 is 10.1 Å². The summed E-state index contributed by atoms with van der Waals surface area (Å²) in [6.45, 7) is 2.67. The second-order valence-corrected chi connectivity index (χ2v) is 4.89. The van der Waals surface area contributed by atoms with Gasteiger partial charge >= 0.3 is 0 Å². The highest BCUT2D eigenvalue weighted by Crippen LogP contribution is 2.21. The molecule has 1 N–H and O–H groups in total. The topological polar surface area (TPSA) is 47.0 Å². The molecule has 1 heterocycles. The molecule has 0 spiro atoms. The summed E-state index contributed by atoms with van der Waals surface area (Å²) in [4.78, 5) is 9.01. The van der Waals surface area contributed by atoms with Crippen molar-refractivity contribution in [1.82, 2.24) is 9.97 Å². The average molecular weight is 279 g/mol. The Morgan fingerprint density at radius 1 is 1.10 bits per heavy atom. The Bertz CT molecular complexity index is 771. The molecule has 3 aromatic rings. The van der Waals surface area contributed by atoms with Gasteiger partial charge in [0.1, 0.15) is 5.75 Å². The van der Waals surface area contributed by atoms with Gasteiger partial charge in [-0.1, -0.05) is 12.1 Å². The number of anilines is 1. The van der Waals surface area contributed by atoms with Gasteiger partial charge in [-0.3, -0.25) is 4.98 Å². The SMILES string of the molecule is COc1ccc(NCc2cnc3ccccc3n2)cc1C. The van der Waals surface area contributed by atoms with E-state index in [1.165, 1.54) is 0 Å². The summed E-state index contributed by atoms with van der Waals surface area (Å²) < 4.78 is 5.26. The highest BCUT2D eigenvalue weighted by atomic mass is 16.5. The van der Waals surface area contributed by atoms with E-state index in [4.69, 9.17) is 4.74 Å². The molecule has 4 nitrogen and oxygen atoms in total. The van der Waals surface area contributed by atoms with Crippen LogP contribution in [-0.4, -0.2) is 17.1 Å². The molecule has 0 atom stereocenters. The molecule has 0 amide bonds. The van der Waals surface area contributed by atoms with E-state index in [0.717, 1.165) is 33.7 Å². The molecule has 0 aliphatic heterocycles. The summed E-state index contributed by atoms with van der Waals surface area (Å²) in [6.07, 6.45) is 1.81. The van der Waals surface area contributed by atoms with Crippen LogP contribution in [0.5, 0.6) is 5.75 Å². The second-order valence-electron chi connectivity index (χ2n) is 4.89. The molecule has 21 heavy (non-hydrogen) atoms. The predicted octanol–water partition coefficient (Wildman–Crippen LogP) is 3.56. The van der Waals surface area contributed by atoms with Crippen LogP contribution in [-0.2, 0) is 6.54 Å². The summed E-state index contributed by atoms with van der Waals surface area (Å²) >= 11 is 0. The minimum absolute atomic E-state index is 0.642. The molecular weight excluding hydrogens is 262 g/mol. The number of fused-ring (bicyclic) bond motifs is 1. The van der Waals surface area contributed by atoms with Crippen LogP contribution >= 0.6 is 0 Å². The smallest absolute Gasteiger partial charge is 0.121 e. The van der Waals surface area contributed by atoms with Crippen LogP contribution in [0.2, 0.25) is 0 Å². The number of benzene rings is 2. The fourth-order valence-corrected chi connectivity index (χ4v) is 2.26. The minimum Gasteiger partial charge on any atom is -0.496 e. The van der Waals surface area contributed by atoms with Gasteiger partial charge in [0.25, 0.3) is 0 Å². The van der Waals surface area contributed by atoms with E-state index < -0.39 is 0 Å². The Balaban J connectivity index is 1.75. The normalized spacial score (nSPS) is 10.6. The number of hydrogen-bond donors (Lipinski definition) is 1. The quantitative estimate of drug-likeness (QED) is 0.793. The number of aryl methyl sites for hydroxylation is 1. The van der Waals surface area contributed by atoms with Gasteiger partial charge in [0, 0.05) is 5.69 Å². The zero-order chi connectivity index (χ0) is 14.7. The van der Waals surface area contributed by atoms with Crippen LogP contribution in [0.15, 0.2) is 48.7 Å². The van der Waals surface area contributed by atoms with Crippen molar-refractivity contribution in [2.45, 2.75) is 13.5 Å². The van der Waals surface area contributed by atoms with Crippen LogP contribution in [0.25, 0.3) is 11.0 Å². The molecule has 0 aliphatic carbocycles. The zero-order valence-electron chi connectivity index (χ0n) is 12.1. The summed E-state index contributed by atoms with van der Waals surface area (Å²) in [5.74, 6) is 0.894. The van der Waals surface area contributed by atoms with E-state index in [1.807, 2.05) is 49.5 Å². The van der Waals surface area contributed by atoms with Crippen molar-refractivity contribution in [1.29, 1.82) is 0 Å². The van der Waals surface area contributed by atoms with Crippen LogP contribution in [0.4, 0.5) is 5.69 Å². The molecule has 0 radical (unpaired) electrons. The van der Waals surface area contributed by atoms with Gasteiger partial charge in [0.05, 0.1) is 36.6 Å². The molecule has 4 heteroatoms. The Kier molecular flexibility index (Phi) is 3.69. The highest BCUT2D eigenvalue weighted by Gasteiger charge is 2.02. The largest absolute Gasteiger partial charge is 0.496 e. The number of hydrogen-bond acceptors (Lipinski definition) is 4. The van der Waals surface area contributed by atoms with Crippen molar-refractivity contribution in [3.05, 3.63) is 59.9 Å². The van der Waals surface area contributed by atoms with Crippen LogP contribution < -0.4 is 10.1 Å². The Labute approximate surface area is 123 Å². The van der Waals surface area contributed by atoms with Crippen molar-refractivity contribution in [2.24, 2.45) is 0 Å². The number of rotatable bonds is 4. The number of nitrogens with one attached hydrogen (secondary N) is 1. The fraction of sp³-hybridized carbons (Fsp3) is 0.176. The number of para-hydroxylation sites is 2. The third kappa shape index (κ3) is 2.94. The Morgan fingerprint density at radius 3 is 2.67 bits per heavy atom. The molecule has 0 bridgehead atoms. The maximum Gasteiger partial charge on any atom is 0.121 e. The monoisotopic (exact) mass is 279 g/mol. The molecule has 2 aromatic carbocycles. The van der Waals surface area contributed by atoms with E-state index in [0.29, 0.717) is 6.54 Å². The zero-order valence-corrected chi connectivity index (χ0v) is 12.1. The van der Waals surface area contributed by atoms with Crippen molar-refractivity contribution in [3.8, 4) is 5.75 Å². The Hall–Kier alpha value is -2.62. The van der Waals surface area contributed by atoms with E-state index >= 15 is 0 Å². The van der Waals surface area contributed by atoms with E-state index in [2.05, 4.69) is 21.4 Å². The van der Waals surface area contributed by atoms with Crippen LogP contribution in [0, 0.1) is 6.92 Å². The highest BCUT2D eigenvalue weighted by molar-refractivity contribution is 5.73. The standard InChI is InChI=1S/C17H17N3O/c1-12-9-13(7-8-17(12)21-2)18-10-14-11-19-15-5-3-4-6-16(15)20-14/h3-9,11,18H,10H2,1-2H3. The molecule has 0 aliphatic rings. The van der Waals surface area contributed by atoms with Gasteiger partial charge in [-0.15, -0.1) is 0 Å². The molecule has 0 fully saturated rings. The lowest BCUT2D eigenvalue weighted by Gasteiger charge is -2.09. The first-order valence-corrected chi connectivity index (χ1v) is 6.85. The molecule has 3 rings (SSSR count). The maximum absolute atomic E-state index is 5.26. The lowest BCUT2D eigenvalue weighted by molar-refractivity contribution is 0.412. The number of methoxy groups -OCH3 is 1. The summed E-state index contributed by atoms with van der Waals surface area (Å²) in [5.41, 5.74) is 4.90. The molecule has 1 aromatic heterocycles. The van der Waals surface area contributed by atoms with Gasteiger partial charge in [0.15, 0.2) is 0 Å². The third-order valence-electron chi connectivity index (χ3n) is 3.37. The number of aromatic nitrogens is 2. The van der Waals surface area contributed by atoms with Gasteiger partial charge in [-0.25, -0.2) is 4.98 Å². The van der Waals surface area contributed by atoms with Crippen LogP contribution in [0.1, 0.15) is 11.3 Å². The van der Waals surface area contributed by atoms with Crippen molar-refractivity contribution in [3.63, 3.8) is 0 Å². The fourth-order valence-electron chi connectivity index (χ4n) is 2.26. The number of ether oxygens (including phenoxy) is 1. The first kappa shape index (κ1) is 13.4. The van der Waals surface area contributed by atoms with Crippen molar-refractivity contribution >= 4 is 16.7 Å². The molecule has 0 saturated heterocycles. The van der Waals surface area contributed by atoms with Crippen LogP contribution in [0.3, 0.4) is 0 Å². The van der Waals surface area contributed by atoms with Crippen molar-refractivity contribution < 1.29 is 4.74 Å². The Morgan fingerprint density at radius 2 is 1.90 bits per heavy atom. The summed E-state index contributed by atoms with van der Waals surface area (Å²) in [7, 11) is 1.68.